The Morgan fingerprint density at radius 2 is 1.89 bits per heavy atom. The number of carbonyl (C=O) groups is 2. The summed E-state index contributed by atoms with van der Waals surface area (Å²) in [5, 5.41) is 10.2. The Bertz CT molecular complexity index is 765. The minimum atomic E-state index is -0.415. The van der Waals surface area contributed by atoms with Gasteiger partial charge >= 0.3 is 6.03 Å². The van der Waals surface area contributed by atoms with E-state index in [1.54, 1.807) is 30.4 Å². The van der Waals surface area contributed by atoms with E-state index in [4.69, 9.17) is 0 Å². The van der Waals surface area contributed by atoms with Crippen molar-refractivity contribution in [3.63, 3.8) is 0 Å². The molecule has 6 nitrogen and oxygen atoms in total. The Morgan fingerprint density at radius 1 is 1.15 bits per heavy atom. The van der Waals surface area contributed by atoms with Gasteiger partial charge in [-0.3, -0.25) is 4.79 Å². The Balaban J connectivity index is 1.69. The molecule has 2 rings (SSSR count). The van der Waals surface area contributed by atoms with Crippen LogP contribution in [-0.2, 0) is 0 Å². The molecule has 0 aliphatic carbocycles. The van der Waals surface area contributed by atoms with Crippen LogP contribution in [0.25, 0.3) is 0 Å². The first-order chi connectivity index (χ1) is 12.9. The van der Waals surface area contributed by atoms with Gasteiger partial charge in [0.05, 0.1) is 6.04 Å². The standard InChI is InChI=1S/C19H25FN4O2S/c1-13-6-7-14(11-15(13)20)18(25)21-8-9-22-19(26)23-12-16(24(2)3)17-5-4-10-27-17/h4-7,10-11,16H,8-9,12H2,1-3H3,(H,21,25)(H2,22,23,26). The van der Waals surface area contributed by atoms with Gasteiger partial charge in [-0.25, -0.2) is 9.18 Å². The van der Waals surface area contributed by atoms with E-state index in [-0.39, 0.29) is 36.6 Å². The van der Waals surface area contributed by atoms with Crippen LogP contribution in [0.15, 0.2) is 35.7 Å². The van der Waals surface area contributed by atoms with Crippen LogP contribution in [0.2, 0.25) is 0 Å². The molecular weight excluding hydrogens is 367 g/mol. The van der Waals surface area contributed by atoms with Gasteiger partial charge < -0.3 is 20.9 Å². The SMILES string of the molecule is Cc1ccc(C(=O)NCCNC(=O)NCC(c2cccs2)N(C)C)cc1F. The summed E-state index contributed by atoms with van der Waals surface area (Å²) >= 11 is 1.65. The maximum atomic E-state index is 13.5. The van der Waals surface area contributed by atoms with Crippen molar-refractivity contribution >= 4 is 23.3 Å². The monoisotopic (exact) mass is 392 g/mol. The summed E-state index contributed by atoms with van der Waals surface area (Å²) in [5.41, 5.74) is 0.746. The van der Waals surface area contributed by atoms with Gasteiger partial charge in [-0.2, -0.15) is 0 Å². The number of thiophene rings is 1. The van der Waals surface area contributed by atoms with Crippen molar-refractivity contribution in [1.29, 1.82) is 0 Å². The van der Waals surface area contributed by atoms with E-state index < -0.39 is 5.82 Å². The van der Waals surface area contributed by atoms with Crippen LogP contribution < -0.4 is 16.0 Å². The molecule has 3 amide bonds. The molecule has 0 aliphatic heterocycles. The van der Waals surface area contributed by atoms with Gasteiger partial charge in [-0.05, 0) is 50.2 Å². The van der Waals surface area contributed by atoms with Gasteiger partial charge in [0.2, 0.25) is 0 Å². The quantitative estimate of drug-likeness (QED) is 0.605. The first kappa shape index (κ1) is 20.9. The maximum Gasteiger partial charge on any atom is 0.314 e. The zero-order chi connectivity index (χ0) is 19.8. The number of nitrogens with one attached hydrogen (secondary N) is 3. The van der Waals surface area contributed by atoms with Crippen LogP contribution in [0.3, 0.4) is 0 Å². The van der Waals surface area contributed by atoms with Gasteiger partial charge in [-0.15, -0.1) is 11.3 Å². The third-order valence-corrected chi connectivity index (χ3v) is 5.05. The molecule has 0 saturated heterocycles. The smallest absolute Gasteiger partial charge is 0.314 e. The van der Waals surface area contributed by atoms with Gasteiger partial charge in [-0.1, -0.05) is 12.1 Å². The van der Waals surface area contributed by atoms with Crippen molar-refractivity contribution in [2.75, 3.05) is 33.7 Å². The molecule has 0 aliphatic rings. The molecule has 1 aromatic carbocycles. The predicted octanol–water partition coefficient (Wildman–Crippen LogP) is 2.53. The second-order valence-corrected chi connectivity index (χ2v) is 7.33. The van der Waals surface area contributed by atoms with Gasteiger partial charge in [0.25, 0.3) is 5.91 Å². The van der Waals surface area contributed by atoms with E-state index in [0.717, 1.165) is 0 Å². The summed E-state index contributed by atoms with van der Waals surface area (Å²) in [4.78, 5) is 27.1. The normalized spacial score (nSPS) is 11.9. The van der Waals surface area contributed by atoms with Crippen LogP contribution in [0.5, 0.6) is 0 Å². The number of benzene rings is 1. The molecule has 146 valence electrons. The van der Waals surface area contributed by atoms with Gasteiger partial charge in [0.15, 0.2) is 0 Å². The summed E-state index contributed by atoms with van der Waals surface area (Å²) < 4.78 is 13.5. The maximum absolute atomic E-state index is 13.5. The van der Waals surface area contributed by atoms with Gasteiger partial charge in [0.1, 0.15) is 5.82 Å². The third-order valence-electron chi connectivity index (χ3n) is 4.08. The highest BCUT2D eigenvalue weighted by Crippen LogP contribution is 2.22. The number of urea groups is 1. The highest BCUT2D eigenvalue weighted by atomic mass is 32.1. The second-order valence-electron chi connectivity index (χ2n) is 6.35. The second kappa shape index (κ2) is 10.0. The highest BCUT2D eigenvalue weighted by Gasteiger charge is 2.16. The molecule has 1 unspecified atom stereocenters. The third kappa shape index (κ3) is 6.33. The van der Waals surface area contributed by atoms with E-state index in [0.29, 0.717) is 12.1 Å². The predicted molar refractivity (Wildman–Crippen MR) is 106 cm³/mol. The summed E-state index contributed by atoms with van der Waals surface area (Å²) in [6.45, 7) is 2.65. The molecule has 0 spiro atoms. The number of aryl methyl sites for hydroxylation is 1. The average molecular weight is 393 g/mol. The molecule has 1 heterocycles. The molecule has 8 heteroatoms. The molecule has 1 aromatic heterocycles. The summed E-state index contributed by atoms with van der Waals surface area (Å²) in [6, 6.07) is 8.17. The topological polar surface area (TPSA) is 73.5 Å². The number of nitrogens with zero attached hydrogens (tertiary/aromatic N) is 1. The largest absolute Gasteiger partial charge is 0.350 e. The Morgan fingerprint density at radius 3 is 2.52 bits per heavy atom. The van der Waals surface area contributed by atoms with Crippen molar-refractivity contribution in [1.82, 2.24) is 20.9 Å². The lowest BCUT2D eigenvalue weighted by molar-refractivity contribution is 0.0953. The molecule has 0 radical (unpaired) electrons. The van der Waals surface area contributed by atoms with Crippen molar-refractivity contribution < 1.29 is 14.0 Å². The Labute approximate surface area is 162 Å². The highest BCUT2D eigenvalue weighted by molar-refractivity contribution is 7.10. The van der Waals surface area contributed by atoms with Crippen LogP contribution in [0, 0.1) is 12.7 Å². The number of hydrogen-bond acceptors (Lipinski definition) is 4. The first-order valence-corrected chi connectivity index (χ1v) is 9.52. The summed E-state index contributed by atoms with van der Waals surface area (Å²) in [6.07, 6.45) is 0. The zero-order valence-electron chi connectivity index (χ0n) is 15.7. The molecule has 3 N–H and O–H groups in total. The van der Waals surface area contributed by atoms with E-state index >= 15 is 0 Å². The van der Waals surface area contributed by atoms with E-state index in [2.05, 4.69) is 16.0 Å². The Kier molecular flexibility index (Phi) is 7.75. The minimum absolute atomic E-state index is 0.104. The van der Waals surface area contributed by atoms with E-state index in [1.165, 1.54) is 10.9 Å². The number of amides is 3. The van der Waals surface area contributed by atoms with Crippen LogP contribution in [0.1, 0.15) is 26.8 Å². The molecular formula is C19H25FN4O2S. The van der Waals surface area contributed by atoms with E-state index in [9.17, 15) is 14.0 Å². The summed E-state index contributed by atoms with van der Waals surface area (Å²) in [5.74, 6) is -0.789. The molecule has 0 saturated carbocycles. The average Bonchev–Trinajstić information content (AvgIpc) is 3.15. The fraction of sp³-hybridized carbons (Fsp3) is 0.368. The summed E-state index contributed by atoms with van der Waals surface area (Å²) in [7, 11) is 3.93. The Hall–Kier alpha value is -2.45. The van der Waals surface area contributed by atoms with Crippen molar-refractivity contribution in [3.05, 3.63) is 57.5 Å². The number of carbonyl (C=O) groups excluding carboxylic acids is 2. The number of halogens is 1. The lowest BCUT2D eigenvalue weighted by atomic mass is 10.1. The van der Waals surface area contributed by atoms with E-state index in [1.807, 2.05) is 36.5 Å². The lowest BCUT2D eigenvalue weighted by Crippen LogP contribution is -2.43. The minimum Gasteiger partial charge on any atom is -0.350 e. The molecule has 0 fully saturated rings. The fourth-order valence-corrected chi connectivity index (χ4v) is 3.38. The van der Waals surface area contributed by atoms with Crippen molar-refractivity contribution in [2.45, 2.75) is 13.0 Å². The van der Waals surface area contributed by atoms with Crippen LogP contribution in [-0.4, -0.2) is 50.6 Å². The number of hydrogen-bond donors (Lipinski definition) is 3. The zero-order valence-corrected chi connectivity index (χ0v) is 16.5. The molecule has 2 aromatic rings. The number of rotatable bonds is 8. The molecule has 1 atom stereocenters. The van der Waals surface area contributed by atoms with Crippen molar-refractivity contribution in [3.8, 4) is 0 Å². The molecule has 0 bridgehead atoms. The van der Waals surface area contributed by atoms with Crippen molar-refractivity contribution in [2.24, 2.45) is 0 Å². The first-order valence-electron chi connectivity index (χ1n) is 8.64. The molecule has 27 heavy (non-hydrogen) atoms. The lowest BCUT2D eigenvalue weighted by Gasteiger charge is -2.23. The van der Waals surface area contributed by atoms with Gasteiger partial charge in [0, 0.05) is 30.1 Å². The fourth-order valence-electron chi connectivity index (χ4n) is 2.46. The number of likely N-dealkylation sites (N-methyl/N-ethyl adjacent to an activating group) is 1. The van der Waals surface area contributed by atoms with Crippen LogP contribution >= 0.6 is 11.3 Å². The van der Waals surface area contributed by atoms with Crippen LogP contribution in [0.4, 0.5) is 9.18 Å².